The number of nitrogens with zero attached hydrogens (tertiary/aromatic N) is 3. The highest BCUT2D eigenvalue weighted by Crippen LogP contribution is 2.09. The predicted octanol–water partition coefficient (Wildman–Crippen LogP) is 0.784. The fraction of sp³-hybridized carbons (Fsp3) is 0.417. The number of ether oxygens (including phenoxy) is 1. The van der Waals surface area contributed by atoms with Crippen molar-refractivity contribution in [1.82, 2.24) is 14.8 Å². The molecule has 2 aromatic heterocycles. The topological polar surface area (TPSA) is 83.0 Å². The second-order valence-electron chi connectivity index (χ2n) is 4.04. The molecule has 0 bridgehead atoms. The lowest BCUT2D eigenvalue weighted by Crippen LogP contribution is -2.23. The molecule has 0 saturated heterocycles. The molecule has 0 aliphatic carbocycles. The Labute approximate surface area is 114 Å². The third-order valence-corrected chi connectivity index (χ3v) is 3.26. The molecule has 102 valence electrons. The van der Waals surface area contributed by atoms with Crippen molar-refractivity contribution < 1.29 is 4.74 Å². The lowest BCUT2D eigenvalue weighted by molar-refractivity contribution is 0.309. The Morgan fingerprint density at radius 3 is 3.00 bits per heavy atom. The Kier molecular flexibility index (Phi) is 4.64. The molecule has 2 heterocycles. The molecule has 2 aromatic rings. The molecule has 2 rings (SSSR count). The summed E-state index contributed by atoms with van der Waals surface area (Å²) in [5.41, 5.74) is 6.01. The second kappa shape index (κ2) is 6.44. The van der Waals surface area contributed by atoms with E-state index >= 15 is 0 Å². The van der Waals surface area contributed by atoms with Crippen LogP contribution in [0.25, 0.3) is 0 Å². The zero-order valence-electron chi connectivity index (χ0n) is 10.7. The molecule has 0 unspecified atom stereocenters. The van der Waals surface area contributed by atoms with Gasteiger partial charge in [-0.1, -0.05) is 0 Å². The molecule has 0 aliphatic rings. The van der Waals surface area contributed by atoms with Gasteiger partial charge in [0.05, 0.1) is 30.1 Å². The SMILES string of the molecule is Cc1nc(Cn2ncc(OCCCN)cc2=O)cs1. The number of nitrogens with two attached hydrogens (primary N) is 1. The van der Waals surface area contributed by atoms with Crippen LogP contribution in [0.5, 0.6) is 5.75 Å². The molecule has 0 saturated carbocycles. The van der Waals surface area contributed by atoms with Gasteiger partial charge in [0, 0.05) is 11.4 Å². The van der Waals surface area contributed by atoms with Crippen LogP contribution < -0.4 is 16.0 Å². The van der Waals surface area contributed by atoms with Crippen LogP contribution in [0.1, 0.15) is 17.1 Å². The maximum Gasteiger partial charge on any atom is 0.270 e. The first-order chi connectivity index (χ1) is 9.19. The third-order valence-electron chi connectivity index (χ3n) is 2.44. The van der Waals surface area contributed by atoms with Gasteiger partial charge in [0.2, 0.25) is 0 Å². The number of aromatic nitrogens is 3. The Hall–Kier alpha value is -1.73. The third kappa shape index (κ3) is 3.87. The summed E-state index contributed by atoms with van der Waals surface area (Å²) in [7, 11) is 0. The molecule has 0 spiro atoms. The van der Waals surface area contributed by atoms with Crippen LogP contribution in [-0.4, -0.2) is 27.9 Å². The lowest BCUT2D eigenvalue weighted by atomic mass is 10.4. The van der Waals surface area contributed by atoms with Crippen LogP contribution in [0.15, 0.2) is 22.4 Å². The summed E-state index contributed by atoms with van der Waals surface area (Å²) in [4.78, 5) is 16.2. The monoisotopic (exact) mass is 280 g/mol. The highest BCUT2D eigenvalue weighted by atomic mass is 32.1. The summed E-state index contributed by atoms with van der Waals surface area (Å²) >= 11 is 1.56. The van der Waals surface area contributed by atoms with Crippen molar-refractivity contribution in [1.29, 1.82) is 0 Å². The van der Waals surface area contributed by atoms with E-state index in [0.29, 0.717) is 25.4 Å². The fourth-order valence-corrected chi connectivity index (χ4v) is 2.13. The van der Waals surface area contributed by atoms with Crippen LogP contribution in [0.2, 0.25) is 0 Å². The first kappa shape index (κ1) is 13.7. The standard InChI is InChI=1S/C12H16N4O2S/c1-9-15-10(8-19-9)7-16-12(17)5-11(6-14-16)18-4-2-3-13/h5-6,8H,2-4,7,13H2,1H3. The van der Waals surface area contributed by atoms with Gasteiger partial charge in [-0.25, -0.2) is 9.67 Å². The van der Waals surface area contributed by atoms with E-state index in [-0.39, 0.29) is 5.56 Å². The second-order valence-corrected chi connectivity index (χ2v) is 5.10. The largest absolute Gasteiger partial charge is 0.492 e. The number of hydrogen-bond donors (Lipinski definition) is 1. The van der Waals surface area contributed by atoms with Gasteiger partial charge in [-0.3, -0.25) is 4.79 Å². The molecule has 19 heavy (non-hydrogen) atoms. The number of thiazole rings is 1. The van der Waals surface area contributed by atoms with Crippen molar-refractivity contribution in [3.8, 4) is 5.75 Å². The summed E-state index contributed by atoms with van der Waals surface area (Å²) in [5.74, 6) is 0.476. The van der Waals surface area contributed by atoms with Crippen molar-refractivity contribution in [2.75, 3.05) is 13.2 Å². The maximum absolute atomic E-state index is 11.9. The minimum Gasteiger partial charge on any atom is -0.492 e. The van der Waals surface area contributed by atoms with Gasteiger partial charge in [-0.2, -0.15) is 5.10 Å². The van der Waals surface area contributed by atoms with E-state index in [4.69, 9.17) is 10.5 Å². The van der Waals surface area contributed by atoms with Gasteiger partial charge in [0.15, 0.2) is 0 Å². The molecule has 0 aromatic carbocycles. The molecule has 7 heteroatoms. The summed E-state index contributed by atoms with van der Waals surface area (Å²) < 4.78 is 6.73. The van der Waals surface area contributed by atoms with Crippen molar-refractivity contribution in [3.05, 3.63) is 38.7 Å². The Bertz CT molecular complexity index is 593. The van der Waals surface area contributed by atoms with Crippen molar-refractivity contribution in [2.45, 2.75) is 19.9 Å². The highest BCUT2D eigenvalue weighted by Gasteiger charge is 2.04. The van der Waals surface area contributed by atoms with Crippen LogP contribution >= 0.6 is 11.3 Å². The van der Waals surface area contributed by atoms with Crippen molar-refractivity contribution in [2.24, 2.45) is 5.73 Å². The molecule has 0 atom stereocenters. The predicted molar refractivity (Wildman–Crippen MR) is 73.6 cm³/mol. The minimum atomic E-state index is -0.198. The summed E-state index contributed by atoms with van der Waals surface area (Å²) in [6, 6.07) is 1.43. The molecule has 2 N–H and O–H groups in total. The first-order valence-corrected chi connectivity index (χ1v) is 6.88. The zero-order valence-corrected chi connectivity index (χ0v) is 11.5. The Morgan fingerprint density at radius 1 is 1.53 bits per heavy atom. The average Bonchev–Trinajstić information content (AvgIpc) is 2.79. The molecular formula is C12H16N4O2S. The number of rotatable bonds is 6. The average molecular weight is 280 g/mol. The summed E-state index contributed by atoms with van der Waals surface area (Å²) in [6.45, 7) is 3.37. The maximum atomic E-state index is 11.9. The molecule has 0 aliphatic heterocycles. The van der Waals surface area contributed by atoms with E-state index < -0.39 is 0 Å². The number of aryl methyl sites for hydroxylation is 1. The molecule has 0 radical (unpaired) electrons. The molecule has 0 fully saturated rings. The minimum absolute atomic E-state index is 0.198. The van der Waals surface area contributed by atoms with Crippen LogP contribution in [0.4, 0.5) is 0 Å². The fourth-order valence-electron chi connectivity index (χ4n) is 1.52. The summed E-state index contributed by atoms with van der Waals surface area (Å²) in [6.07, 6.45) is 2.29. The van der Waals surface area contributed by atoms with Gasteiger partial charge < -0.3 is 10.5 Å². The summed E-state index contributed by atoms with van der Waals surface area (Å²) in [5, 5.41) is 6.98. The van der Waals surface area contributed by atoms with E-state index in [9.17, 15) is 4.79 Å². The molecular weight excluding hydrogens is 264 g/mol. The van der Waals surface area contributed by atoms with Gasteiger partial charge in [0.1, 0.15) is 5.75 Å². The van der Waals surface area contributed by atoms with Crippen LogP contribution in [-0.2, 0) is 6.54 Å². The Balaban J connectivity index is 2.04. The molecule has 0 amide bonds. The van der Waals surface area contributed by atoms with Crippen molar-refractivity contribution in [3.63, 3.8) is 0 Å². The normalized spacial score (nSPS) is 10.6. The van der Waals surface area contributed by atoms with Gasteiger partial charge >= 0.3 is 0 Å². The first-order valence-electron chi connectivity index (χ1n) is 6.00. The lowest BCUT2D eigenvalue weighted by Gasteiger charge is -2.06. The van der Waals surface area contributed by atoms with E-state index in [1.54, 1.807) is 11.3 Å². The molecule has 6 nitrogen and oxygen atoms in total. The van der Waals surface area contributed by atoms with Crippen LogP contribution in [0, 0.1) is 6.92 Å². The Morgan fingerprint density at radius 2 is 2.37 bits per heavy atom. The van der Waals surface area contributed by atoms with Gasteiger partial charge in [-0.05, 0) is 19.9 Å². The van der Waals surface area contributed by atoms with E-state index in [1.165, 1.54) is 16.9 Å². The highest BCUT2D eigenvalue weighted by molar-refractivity contribution is 7.09. The van der Waals surface area contributed by atoms with Gasteiger partial charge in [0.25, 0.3) is 5.56 Å². The smallest absolute Gasteiger partial charge is 0.270 e. The number of hydrogen-bond acceptors (Lipinski definition) is 6. The van der Waals surface area contributed by atoms with E-state index in [1.807, 2.05) is 12.3 Å². The zero-order chi connectivity index (χ0) is 13.7. The van der Waals surface area contributed by atoms with Gasteiger partial charge in [-0.15, -0.1) is 11.3 Å². The van der Waals surface area contributed by atoms with Crippen molar-refractivity contribution >= 4 is 11.3 Å². The quantitative estimate of drug-likeness (QED) is 0.791. The van der Waals surface area contributed by atoms with E-state index in [0.717, 1.165) is 17.1 Å². The van der Waals surface area contributed by atoms with E-state index in [2.05, 4.69) is 10.1 Å². The van der Waals surface area contributed by atoms with Crippen LogP contribution in [0.3, 0.4) is 0 Å².